The standard InChI is InChI=1S/C18H28O12/c1-2-18(9-22-3-12-6-25-15(19)28-12,10-23-4-13-7-26-16(20)29-13)11-24-5-14-8-27-17(21)30-14/h12-15,19H,2-11H2,1H3. The van der Waals surface area contributed by atoms with Crippen LogP contribution in [0, 0.1) is 5.41 Å². The Balaban J connectivity index is 1.46. The van der Waals surface area contributed by atoms with Crippen LogP contribution in [0.5, 0.6) is 0 Å². The quantitative estimate of drug-likeness (QED) is 0.395. The molecule has 3 rings (SSSR count). The Labute approximate surface area is 173 Å². The monoisotopic (exact) mass is 436 g/mol. The molecule has 172 valence electrons. The summed E-state index contributed by atoms with van der Waals surface area (Å²) in [5, 5.41) is 9.25. The molecule has 0 saturated carbocycles. The van der Waals surface area contributed by atoms with Crippen LogP contribution in [0.3, 0.4) is 0 Å². The van der Waals surface area contributed by atoms with Gasteiger partial charge in [-0.05, 0) is 6.42 Å². The predicted molar refractivity (Wildman–Crippen MR) is 94.5 cm³/mol. The number of hydrogen-bond acceptors (Lipinski definition) is 12. The molecule has 1 N–H and O–H groups in total. The van der Waals surface area contributed by atoms with E-state index >= 15 is 0 Å². The van der Waals surface area contributed by atoms with Crippen LogP contribution in [0.15, 0.2) is 0 Å². The molecule has 3 aliphatic rings. The minimum Gasteiger partial charge on any atom is -0.430 e. The van der Waals surface area contributed by atoms with Crippen molar-refractivity contribution < 1.29 is 57.3 Å². The van der Waals surface area contributed by atoms with Gasteiger partial charge in [0.1, 0.15) is 19.3 Å². The molecule has 12 nitrogen and oxygen atoms in total. The lowest BCUT2D eigenvalue weighted by molar-refractivity contribution is -0.208. The van der Waals surface area contributed by atoms with Crippen LogP contribution in [0.2, 0.25) is 0 Å². The first-order valence-electron chi connectivity index (χ1n) is 9.83. The van der Waals surface area contributed by atoms with Crippen molar-refractivity contribution in [1.29, 1.82) is 0 Å². The minimum atomic E-state index is -1.23. The van der Waals surface area contributed by atoms with Crippen molar-refractivity contribution in [2.24, 2.45) is 5.41 Å². The Morgan fingerprint density at radius 2 is 1.37 bits per heavy atom. The SMILES string of the molecule is CCC(COCC1COC(=O)O1)(COCC1COC(=O)O1)COCC1COC(O)O1. The first-order valence-corrected chi connectivity index (χ1v) is 9.83. The summed E-state index contributed by atoms with van der Waals surface area (Å²) in [6.07, 6.45) is -2.00. The van der Waals surface area contributed by atoms with E-state index in [1.807, 2.05) is 6.92 Å². The normalized spacial score (nSPS) is 30.5. The van der Waals surface area contributed by atoms with Crippen LogP contribution in [0.4, 0.5) is 9.59 Å². The van der Waals surface area contributed by atoms with Crippen molar-refractivity contribution in [3.8, 4) is 0 Å². The summed E-state index contributed by atoms with van der Waals surface area (Å²) in [6, 6.07) is 0. The van der Waals surface area contributed by atoms with E-state index < -0.39 is 36.4 Å². The lowest BCUT2D eigenvalue weighted by Gasteiger charge is -2.32. The summed E-state index contributed by atoms with van der Waals surface area (Å²) in [7, 11) is 0. The minimum absolute atomic E-state index is 0.152. The number of cyclic esters (lactones) is 4. The van der Waals surface area contributed by atoms with E-state index in [1.54, 1.807) is 0 Å². The molecule has 0 aromatic rings. The van der Waals surface area contributed by atoms with Crippen LogP contribution in [-0.4, -0.2) is 102 Å². The summed E-state index contributed by atoms with van der Waals surface area (Å²) in [4.78, 5) is 22.0. The van der Waals surface area contributed by atoms with E-state index in [-0.39, 0.29) is 59.0 Å². The van der Waals surface area contributed by atoms with Crippen LogP contribution in [0.25, 0.3) is 0 Å². The summed E-state index contributed by atoms with van der Waals surface area (Å²) in [6.45, 7) is 2.77. The highest BCUT2D eigenvalue weighted by Crippen LogP contribution is 2.25. The molecule has 0 bridgehead atoms. The third kappa shape index (κ3) is 6.93. The number of aliphatic hydroxyl groups excluding tert-OH is 1. The molecule has 30 heavy (non-hydrogen) atoms. The second-order valence-electron chi connectivity index (χ2n) is 7.40. The van der Waals surface area contributed by atoms with Gasteiger partial charge in [0.25, 0.3) is 6.48 Å². The summed E-state index contributed by atoms with van der Waals surface area (Å²) in [5.41, 5.74) is -0.509. The molecular formula is C18H28O12. The summed E-state index contributed by atoms with van der Waals surface area (Å²) < 4.78 is 46.9. The van der Waals surface area contributed by atoms with Crippen molar-refractivity contribution >= 4 is 12.3 Å². The highest BCUT2D eigenvalue weighted by Gasteiger charge is 2.34. The summed E-state index contributed by atoms with van der Waals surface area (Å²) in [5.74, 6) is 0. The van der Waals surface area contributed by atoms with Gasteiger partial charge in [-0.1, -0.05) is 6.92 Å². The van der Waals surface area contributed by atoms with E-state index in [1.165, 1.54) is 0 Å². The fourth-order valence-corrected chi connectivity index (χ4v) is 3.07. The van der Waals surface area contributed by atoms with E-state index in [9.17, 15) is 14.7 Å². The average Bonchev–Trinajstić information content (AvgIpc) is 3.44. The van der Waals surface area contributed by atoms with E-state index in [2.05, 4.69) is 0 Å². The Kier molecular flexibility index (Phi) is 8.48. The van der Waals surface area contributed by atoms with E-state index in [4.69, 9.17) is 42.6 Å². The molecule has 12 heteroatoms. The van der Waals surface area contributed by atoms with Crippen LogP contribution >= 0.6 is 0 Å². The zero-order valence-corrected chi connectivity index (χ0v) is 16.8. The first kappa shape index (κ1) is 23.0. The maximum Gasteiger partial charge on any atom is 0.508 e. The van der Waals surface area contributed by atoms with Gasteiger partial charge in [-0.3, -0.25) is 0 Å². The molecule has 0 aliphatic carbocycles. The predicted octanol–water partition coefficient (Wildman–Crippen LogP) is 0.195. The van der Waals surface area contributed by atoms with Crippen LogP contribution < -0.4 is 0 Å². The number of ether oxygens (including phenoxy) is 9. The van der Waals surface area contributed by atoms with Gasteiger partial charge in [0, 0.05) is 5.41 Å². The lowest BCUT2D eigenvalue weighted by atomic mass is 9.88. The second-order valence-corrected chi connectivity index (χ2v) is 7.40. The highest BCUT2D eigenvalue weighted by atomic mass is 16.8. The topological polar surface area (TPSA) is 137 Å². The Bertz CT molecular complexity index is 537. The van der Waals surface area contributed by atoms with Crippen LogP contribution in [-0.2, 0) is 42.6 Å². The second kappa shape index (κ2) is 11.1. The Morgan fingerprint density at radius 1 is 0.867 bits per heavy atom. The number of carbonyl (C=O) groups is 2. The molecule has 0 aromatic carbocycles. The number of hydrogen-bond donors (Lipinski definition) is 1. The molecule has 3 heterocycles. The van der Waals surface area contributed by atoms with Gasteiger partial charge in [0.15, 0.2) is 12.2 Å². The molecular weight excluding hydrogens is 408 g/mol. The van der Waals surface area contributed by atoms with Gasteiger partial charge in [0.2, 0.25) is 0 Å². The van der Waals surface area contributed by atoms with Crippen LogP contribution in [0.1, 0.15) is 13.3 Å². The van der Waals surface area contributed by atoms with Gasteiger partial charge in [-0.2, -0.15) is 0 Å². The van der Waals surface area contributed by atoms with Gasteiger partial charge in [0.05, 0.1) is 46.2 Å². The van der Waals surface area contributed by atoms with E-state index in [0.717, 1.165) is 0 Å². The highest BCUT2D eigenvalue weighted by molar-refractivity contribution is 5.62. The van der Waals surface area contributed by atoms with Crippen molar-refractivity contribution in [2.45, 2.75) is 38.1 Å². The van der Waals surface area contributed by atoms with Crippen molar-refractivity contribution in [1.82, 2.24) is 0 Å². The molecule has 3 aliphatic heterocycles. The first-order chi connectivity index (χ1) is 14.5. The third-order valence-electron chi connectivity index (χ3n) is 4.92. The van der Waals surface area contributed by atoms with Crippen molar-refractivity contribution in [2.75, 3.05) is 59.5 Å². The molecule has 3 fully saturated rings. The van der Waals surface area contributed by atoms with Gasteiger partial charge in [-0.25, -0.2) is 9.59 Å². The molecule has 4 unspecified atom stereocenters. The van der Waals surface area contributed by atoms with Gasteiger partial charge < -0.3 is 47.7 Å². The van der Waals surface area contributed by atoms with Gasteiger partial charge in [-0.15, -0.1) is 0 Å². The maximum absolute atomic E-state index is 11.0. The molecule has 0 aromatic heterocycles. The fraction of sp³-hybridized carbons (Fsp3) is 0.889. The molecule has 4 atom stereocenters. The Morgan fingerprint density at radius 3 is 1.73 bits per heavy atom. The largest absolute Gasteiger partial charge is 0.508 e. The summed E-state index contributed by atoms with van der Waals surface area (Å²) >= 11 is 0. The average molecular weight is 436 g/mol. The number of carbonyl (C=O) groups excluding carboxylic acids is 2. The maximum atomic E-state index is 11.0. The Hall–Kier alpha value is -1.70. The fourth-order valence-electron chi connectivity index (χ4n) is 3.07. The number of aliphatic hydroxyl groups is 1. The van der Waals surface area contributed by atoms with Gasteiger partial charge >= 0.3 is 12.3 Å². The number of rotatable bonds is 13. The zero-order valence-electron chi connectivity index (χ0n) is 16.8. The molecule has 3 saturated heterocycles. The van der Waals surface area contributed by atoms with Crippen molar-refractivity contribution in [3.05, 3.63) is 0 Å². The molecule has 0 spiro atoms. The molecule has 0 amide bonds. The van der Waals surface area contributed by atoms with Crippen molar-refractivity contribution in [3.63, 3.8) is 0 Å². The smallest absolute Gasteiger partial charge is 0.430 e. The molecule has 0 radical (unpaired) electrons. The third-order valence-corrected chi connectivity index (χ3v) is 4.92. The lowest BCUT2D eigenvalue weighted by Crippen LogP contribution is -2.39. The van der Waals surface area contributed by atoms with E-state index in [0.29, 0.717) is 13.0 Å². The zero-order chi connectivity index (χ0) is 21.4.